The lowest BCUT2D eigenvalue weighted by atomic mass is 9.98. The zero-order valence-corrected chi connectivity index (χ0v) is 17.1. The number of anilines is 1. The fraction of sp³-hybridized carbons (Fsp3) is 0.348. The number of rotatable bonds is 6. The lowest BCUT2D eigenvalue weighted by Crippen LogP contribution is -2.62. The molecule has 1 unspecified atom stereocenters. The lowest BCUT2D eigenvalue weighted by Gasteiger charge is -2.48. The van der Waals surface area contributed by atoms with E-state index in [1.54, 1.807) is 52.3 Å². The summed E-state index contributed by atoms with van der Waals surface area (Å²) in [5, 5.41) is 0. The van der Waals surface area contributed by atoms with Crippen molar-refractivity contribution in [1.29, 1.82) is 0 Å². The Labute approximate surface area is 175 Å². The molecule has 1 fully saturated rings. The maximum absolute atomic E-state index is 13.2. The number of fused-ring (bicyclic) bond motifs is 3. The molecule has 0 spiro atoms. The van der Waals surface area contributed by atoms with Crippen LogP contribution in [-0.2, 0) is 9.59 Å². The van der Waals surface area contributed by atoms with Gasteiger partial charge in [0.1, 0.15) is 5.66 Å². The number of hydrogen-bond donors (Lipinski definition) is 0. The first-order valence-electron chi connectivity index (χ1n) is 10.1. The third kappa shape index (κ3) is 3.30. The van der Waals surface area contributed by atoms with Crippen LogP contribution in [0.2, 0.25) is 0 Å². The normalized spacial score (nSPS) is 20.1. The van der Waals surface area contributed by atoms with Crippen molar-refractivity contribution in [2.45, 2.75) is 38.8 Å². The highest BCUT2D eigenvalue weighted by molar-refractivity contribution is 6.10. The van der Waals surface area contributed by atoms with Gasteiger partial charge in [-0.3, -0.25) is 19.3 Å². The number of benzene rings is 2. The van der Waals surface area contributed by atoms with Crippen LogP contribution in [0.4, 0.5) is 5.69 Å². The third-order valence-electron chi connectivity index (χ3n) is 5.66. The molecule has 1 atom stereocenters. The zero-order valence-electron chi connectivity index (χ0n) is 17.1. The Bertz CT molecular complexity index is 1000. The molecule has 2 heterocycles. The second kappa shape index (κ2) is 7.82. The van der Waals surface area contributed by atoms with Gasteiger partial charge in [0.25, 0.3) is 5.91 Å². The average Bonchev–Trinajstić information content (AvgIpc) is 3.05. The topological polar surface area (TPSA) is 76.2 Å². The largest absolute Gasteiger partial charge is 0.490 e. The van der Waals surface area contributed by atoms with E-state index in [1.165, 1.54) is 0 Å². The van der Waals surface area contributed by atoms with Crippen molar-refractivity contribution in [3.63, 3.8) is 0 Å². The fourth-order valence-electron chi connectivity index (χ4n) is 4.23. The van der Waals surface area contributed by atoms with E-state index in [0.29, 0.717) is 42.2 Å². The molecule has 0 saturated carbocycles. The van der Waals surface area contributed by atoms with Crippen LogP contribution >= 0.6 is 0 Å². The van der Waals surface area contributed by atoms with Crippen LogP contribution in [0.1, 0.15) is 43.5 Å². The summed E-state index contributed by atoms with van der Waals surface area (Å²) in [5.74, 6) is 0.185. The molecule has 4 rings (SSSR count). The van der Waals surface area contributed by atoms with Gasteiger partial charge >= 0.3 is 5.97 Å². The van der Waals surface area contributed by atoms with E-state index >= 15 is 0 Å². The van der Waals surface area contributed by atoms with Crippen LogP contribution in [-0.4, -0.2) is 41.5 Å². The Morgan fingerprint density at radius 3 is 2.53 bits per heavy atom. The first kappa shape index (κ1) is 19.9. The van der Waals surface area contributed by atoms with Crippen molar-refractivity contribution < 1.29 is 23.9 Å². The first-order chi connectivity index (χ1) is 14.5. The van der Waals surface area contributed by atoms with Gasteiger partial charge in [-0.15, -0.1) is 0 Å². The highest BCUT2D eigenvalue weighted by Crippen LogP contribution is 2.44. The van der Waals surface area contributed by atoms with Gasteiger partial charge in [-0.1, -0.05) is 24.3 Å². The molecule has 156 valence electrons. The first-order valence-corrected chi connectivity index (χ1v) is 10.1. The zero-order chi connectivity index (χ0) is 21.3. The number of nitrogens with zero attached hydrogens (tertiary/aromatic N) is 2. The number of hydrogen-bond acceptors (Lipinski definition) is 5. The summed E-state index contributed by atoms with van der Waals surface area (Å²) < 4.78 is 11.0. The van der Waals surface area contributed by atoms with Crippen LogP contribution in [0.15, 0.2) is 48.5 Å². The van der Waals surface area contributed by atoms with Gasteiger partial charge < -0.3 is 14.4 Å². The Morgan fingerprint density at radius 2 is 1.77 bits per heavy atom. The summed E-state index contributed by atoms with van der Waals surface area (Å²) in [4.78, 5) is 41.6. The summed E-state index contributed by atoms with van der Waals surface area (Å²) in [5.41, 5.74) is 0.323. The number of ether oxygens (including phenoxy) is 2. The average molecular weight is 408 g/mol. The van der Waals surface area contributed by atoms with Crippen LogP contribution in [0.25, 0.3) is 0 Å². The van der Waals surface area contributed by atoms with E-state index in [1.807, 2.05) is 19.9 Å². The molecule has 2 aromatic rings. The minimum absolute atomic E-state index is 0.00594. The molecule has 0 aromatic heterocycles. The minimum atomic E-state index is -0.786. The van der Waals surface area contributed by atoms with Crippen molar-refractivity contribution >= 4 is 23.5 Å². The second-order valence-electron chi connectivity index (χ2n) is 7.52. The maximum Gasteiger partial charge on any atom is 0.313 e. The van der Waals surface area contributed by atoms with Gasteiger partial charge in [0, 0.05) is 13.0 Å². The predicted molar refractivity (Wildman–Crippen MR) is 110 cm³/mol. The molecule has 2 aliphatic heterocycles. The molecule has 7 heteroatoms. The maximum atomic E-state index is 13.2. The van der Waals surface area contributed by atoms with Gasteiger partial charge in [-0.05, 0) is 44.5 Å². The van der Waals surface area contributed by atoms with Gasteiger partial charge in [0.15, 0.2) is 11.5 Å². The number of carbonyl (C=O) groups is 3. The molecule has 2 aliphatic rings. The molecule has 0 N–H and O–H groups in total. The van der Waals surface area contributed by atoms with Crippen LogP contribution in [0, 0.1) is 0 Å². The van der Waals surface area contributed by atoms with E-state index < -0.39 is 11.6 Å². The van der Waals surface area contributed by atoms with Crippen molar-refractivity contribution in [3.05, 3.63) is 54.1 Å². The standard InChI is InChI=1S/C23H24N2O5/c1-3-29-18-10-6-7-11-19(18)30-21(27)13-15-24-22(28)16-8-4-5-9-17(16)25-20(26)12-14-23(24,25)2/h4-11H,3,12-15H2,1-2H3. The molecule has 7 nitrogen and oxygen atoms in total. The van der Waals surface area contributed by atoms with E-state index in [4.69, 9.17) is 9.47 Å². The van der Waals surface area contributed by atoms with Gasteiger partial charge in [-0.2, -0.15) is 0 Å². The van der Waals surface area contributed by atoms with Gasteiger partial charge in [0.05, 0.1) is 24.3 Å². The van der Waals surface area contributed by atoms with Crippen molar-refractivity contribution in [2.24, 2.45) is 0 Å². The smallest absolute Gasteiger partial charge is 0.313 e. The van der Waals surface area contributed by atoms with Crippen LogP contribution in [0.5, 0.6) is 11.5 Å². The van der Waals surface area contributed by atoms with Crippen LogP contribution in [0.3, 0.4) is 0 Å². The summed E-state index contributed by atoms with van der Waals surface area (Å²) in [6.45, 7) is 4.34. The Morgan fingerprint density at radius 1 is 1.07 bits per heavy atom. The van der Waals surface area contributed by atoms with E-state index in [-0.39, 0.29) is 24.8 Å². The number of amides is 2. The number of esters is 1. The highest BCUT2D eigenvalue weighted by atomic mass is 16.6. The predicted octanol–water partition coefficient (Wildman–Crippen LogP) is 3.38. The van der Waals surface area contributed by atoms with Crippen molar-refractivity contribution in [1.82, 2.24) is 4.90 Å². The molecule has 0 bridgehead atoms. The summed E-state index contributed by atoms with van der Waals surface area (Å²) >= 11 is 0. The molecule has 1 saturated heterocycles. The van der Waals surface area contributed by atoms with Crippen LogP contribution < -0.4 is 14.4 Å². The number of carbonyl (C=O) groups excluding carboxylic acids is 3. The minimum Gasteiger partial charge on any atom is -0.490 e. The van der Waals surface area contributed by atoms with E-state index in [2.05, 4.69) is 0 Å². The van der Waals surface area contributed by atoms with Gasteiger partial charge in [0.2, 0.25) is 5.91 Å². The van der Waals surface area contributed by atoms with Crippen molar-refractivity contribution in [2.75, 3.05) is 18.1 Å². The molecule has 2 aromatic carbocycles. The third-order valence-corrected chi connectivity index (χ3v) is 5.66. The fourth-order valence-corrected chi connectivity index (χ4v) is 4.23. The summed E-state index contributed by atoms with van der Waals surface area (Å²) in [7, 11) is 0. The molecular weight excluding hydrogens is 384 g/mol. The Kier molecular flexibility index (Phi) is 5.20. The Balaban J connectivity index is 1.53. The van der Waals surface area contributed by atoms with E-state index in [0.717, 1.165) is 0 Å². The SMILES string of the molecule is CCOc1ccccc1OC(=O)CCN1C(=O)c2ccccc2N2C(=O)CCC12C. The monoisotopic (exact) mass is 408 g/mol. The molecule has 0 radical (unpaired) electrons. The molecule has 30 heavy (non-hydrogen) atoms. The molecular formula is C23H24N2O5. The summed E-state index contributed by atoms with van der Waals surface area (Å²) in [6.07, 6.45) is 0.890. The van der Waals surface area contributed by atoms with Crippen molar-refractivity contribution in [3.8, 4) is 11.5 Å². The highest BCUT2D eigenvalue weighted by Gasteiger charge is 2.52. The quantitative estimate of drug-likeness (QED) is 0.541. The van der Waals surface area contributed by atoms with Gasteiger partial charge in [-0.25, -0.2) is 0 Å². The van der Waals surface area contributed by atoms with E-state index in [9.17, 15) is 14.4 Å². The molecule has 0 aliphatic carbocycles. The molecule has 2 amide bonds. The Hall–Kier alpha value is -3.35. The number of para-hydroxylation sites is 3. The summed E-state index contributed by atoms with van der Waals surface area (Å²) in [6, 6.07) is 14.1. The lowest BCUT2D eigenvalue weighted by molar-refractivity contribution is -0.134. The second-order valence-corrected chi connectivity index (χ2v) is 7.52.